The highest BCUT2D eigenvalue weighted by molar-refractivity contribution is 5.55. The minimum atomic E-state index is -4.40. The smallest absolute Gasteiger partial charge is 0.338 e. The number of rotatable bonds is 4. The number of aromatic nitrogens is 2. The molecule has 0 bridgehead atoms. The summed E-state index contributed by atoms with van der Waals surface area (Å²) in [4.78, 5) is 6.42. The van der Waals surface area contributed by atoms with Crippen LogP contribution in [0.5, 0.6) is 0 Å². The molecule has 27 heavy (non-hydrogen) atoms. The maximum atomic E-state index is 12.9. The number of aryl methyl sites for hydroxylation is 1. The van der Waals surface area contributed by atoms with Crippen molar-refractivity contribution in [2.24, 2.45) is 0 Å². The maximum Gasteiger partial charge on any atom is 0.416 e. The molecule has 140 valence electrons. The largest absolute Gasteiger partial charge is 0.416 e. The molecule has 1 atom stereocenters. The Hall–Kier alpha value is -2.67. The van der Waals surface area contributed by atoms with Gasteiger partial charge in [-0.3, -0.25) is 4.90 Å². The third-order valence-corrected chi connectivity index (χ3v) is 4.93. The second kappa shape index (κ2) is 6.81. The van der Waals surface area contributed by atoms with E-state index in [9.17, 15) is 13.2 Å². The summed E-state index contributed by atoms with van der Waals surface area (Å²) in [6.45, 7) is 0.435. The number of hydrogen-bond acceptors (Lipinski definition) is 4. The Morgan fingerprint density at radius 3 is 2.78 bits per heavy atom. The van der Waals surface area contributed by atoms with E-state index in [0.29, 0.717) is 12.4 Å². The molecule has 1 aromatic heterocycles. The van der Waals surface area contributed by atoms with E-state index in [4.69, 9.17) is 4.52 Å². The molecule has 1 heterocycles. The minimum absolute atomic E-state index is 0.163. The molecular weight excluding hydrogens is 355 g/mol. The number of hydrogen-bond donors (Lipinski definition) is 0. The van der Waals surface area contributed by atoms with Gasteiger partial charge in [-0.25, -0.2) is 0 Å². The van der Waals surface area contributed by atoms with E-state index in [1.54, 1.807) is 6.07 Å². The Morgan fingerprint density at radius 2 is 1.96 bits per heavy atom. The van der Waals surface area contributed by atoms with Crippen LogP contribution in [0.25, 0.3) is 11.4 Å². The lowest BCUT2D eigenvalue weighted by molar-refractivity contribution is -0.137. The predicted octanol–water partition coefficient (Wildman–Crippen LogP) is 4.87. The van der Waals surface area contributed by atoms with Crippen LogP contribution in [0.2, 0.25) is 0 Å². The molecule has 7 heteroatoms. The third-order valence-electron chi connectivity index (χ3n) is 4.93. The zero-order valence-electron chi connectivity index (χ0n) is 14.7. The standard InChI is InChI=1S/C20H18F3N3O/c1-26(17-10-9-13-5-2-3-8-16(13)17)12-18-24-19(25-27-18)14-6-4-7-15(11-14)20(21,22)23/h2-8,11,17H,9-10,12H2,1H3/t17-/m1/s1. The molecule has 0 saturated carbocycles. The van der Waals surface area contributed by atoms with Crippen LogP contribution in [0.3, 0.4) is 0 Å². The van der Waals surface area contributed by atoms with Crippen molar-refractivity contribution in [1.29, 1.82) is 0 Å². The molecule has 0 unspecified atom stereocenters. The Bertz CT molecular complexity index is 951. The van der Waals surface area contributed by atoms with E-state index in [1.807, 2.05) is 19.2 Å². The quantitative estimate of drug-likeness (QED) is 0.654. The SMILES string of the molecule is CN(Cc1nc(-c2cccc(C(F)(F)F)c2)no1)[C@@H]1CCc2ccccc21. The van der Waals surface area contributed by atoms with Gasteiger partial charge in [0.1, 0.15) is 0 Å². The first kappa shape index (κ1) is 17.7. The Balaban J connectivity index is 1.51. The lowest BCUT2D eigenvalue weighted by Crippen LogP contribution is -2.22. The number of nitrogens with zero attached hydrogens (tertiary/aromatic N) is 3. The summed E-state index contributed by atoms with van der Waals surface area (Å²) >= 11 is 0. The molecular formula is C20H18F3N3O. The monoisotopic (exact) mass is 373 g/mol. The van der Waals surface area contributed by atoms with Crippen molar-refractivity contribution in [2.75, 3.05) is 7.05 Å². The molecule has 0 aliphatic heterocycles. The molecule has 2 aromatic carbocycles. The predicted molar refractivity (Wildman–Crippen MR) is 93.7 cm³/mol. The highest BCUT2D eigenvalue weighted by Gasteiger charge is 2.31. The normalized spacial score (nSPS) is 16.7. The van der Waals surface area contributed by atoms with Crippen LogP contribution < -0.4 is 0 Å². The van der Waals surface area contributed by atoms with E-state index in [-0.39, 0.29) is 17.4 Å². The van der Waals surface area contributed by atoms with Crippen molar-refractivity contribution < 1.29 is 17.7 Å². The highest BCUT2D eigenvalue weighted by Crippen LogP contribution is 2.35. The van der Waals surface area contributed by atoms with Crippen molar-refractivity contribution in [3.63, 3.8) is 0 Å². The van der Waals surface area contributed by atoms with E-state index >= 15 is 0 Å². The number of halogens is 3. The van der Waals surface area contributed by atoms with Crippen LogP contribution in [0, 0.1) is 0 Å². The third kappa shape index (κ3) is 3.60. The van der Waals surface area contributed by atoms with Gasteiger partial charge in [0.25, 0.3) is 0 Å². The summed E-state index contributed by atoms with van der Waals surface area (Å²) in [6.07, 6.45) is -2.35. The summed E-state index contributed by atoms with van der Waals surface area (Å²) in [6, 6.07) is 13.6. The van der Waals surface area contributed by atoms with Gasteiger partial charge in [-0.05, 0) is 43.1 Å². The van der Waals surface area contributed by atoms with Crippen LogP contribution in [-0.2, 0) is 19.1 Å². The molecule has 4 rings (SSSR count). The molecule has 0 fully saturated rings. The van der Waals surface area contributed by atoms with Gasteiger partial charge in [0.05, 0.1) is 12.1 Å². The van der Waals surface area contributed by atoms with E-state index in [1.165, 1.54) is 17.2 Å². The van der Waals surface area contributed by atoms with E-state index in [0.717, 1.165) is 25.0 Å². The van der Waals surface area contributed by atoms with Gasteiger partial charge in [0.15, 0.2) is 0 Å². The average molecular weight is 373 g/mol. The highest BCUT2D eigenvalue weighted by atomic mass is 19.4. The molecule has 0 radical (unpaired) electrons. The fourth-order valence-electron chi connectivity index (χ4n) is 3.59. The van der Waals surface area contributed by atoms with Gasteiger partial charge in [-0.2, -0.15) is 18.2 Å². The Labute approximate surface area is 154 Å². The van der Waals surface area contributed by atoms with E-state index in [2.05, 4.69) is 27.2 Å². The lowest BCUT2D eigenvalue weighted by Gasteiger charge is -2.23. The Kier molecular flexibility index (Phi) is 4.47. The van der Waals surface area contributed by atoms with Crippen LogP contribution in [-0.4, -0.2) is 22.1 Å². The number of benzene rings is 2. The molecule has 4 nitrogen and oxygen atoms in total. The second-order valence-corrected chi connectivity index (χ2v) is 6.76. The molecule has 0 N–H and O–H groups in total. The zero-order valence-corrected chi connectivity index (χ0v) is 14.7. The topological polar surface area (TPSA) is 42.2 Å². The maximum absolute atomic E-state index is 12.9. The van der Waals surface area contributed by atoms with Crippen molar-refractivity contribution in [2.45, 2.75) is 31.6 Å². The van der Waals surface area contributed by atoms with Gasteiger partial charge >= 0.3 is 6.18 Å². The first-order valence-corrected chi connectivity index (χ1v) is 8.70. The van der Waals surface area contributed by atoms with E-state index < -0.39 is 11.7 Å². The first-order chi connectivity index (χ1) is 12.9. The van der Waals surface area contributed by atoms with Gasteiger partial charge in [-0.1, -0.05) is 41.6 Å². The fourth-order valence-corrected chi connectivity index (χ4v) is 3.59. The molecule has 0 spiro atoms. The molecule has 1 aliphatic rings. The van der Waals surface area contributed by atoms with Gasteiger partial charge in [-0.15, -0.1) is 0 Å². The minimum Gasteiger partial charge on any atom is -0.338 e. The molecule has 1 aliphatic carbocycles. The average Bonchev–Trinajstić information content (AvgIpc) is 3.28. The van der Waals surface area contributed by atoms with Crippen LogP contribution in [0.4, 0.5) is 13.2 Å². The summed E-state index contributed by atoms with van der Waals surface area (Å²) in [7, 11) is 1.99. The second-order valence-electron chi connectivity index (χ2n) is 6.76. The van der Waals surface area contributed by atoms with Gasteiger partial charge in [0.2, 0.25) is 11.7 Å². The molecule has 3 aromatic rings. The van der Waals surface area contributed by atoms with Crippen molar-refractivity contribution in [3.05, 3.63) is 71.1 Å². The summed E-state index contributed by atoms with van der Waals surface area (Å²) in [5, 5.41) is 3.85. The zero-order chi connectivity index (χ0) is 19.0. The lowest BCUT2D eigenvalue weighted by atomic mass is 10.1. The number of alkyl halides is 3. The first-order valence-electron chi connectivity index (χ1n) is 8.70. The van der Waals surface area contributed by atoms with Gasteiger partial charge in [0, 0.05) is 11.6 Å². The fraction of sp³-hybridized carbons (Fsp3) is 0.300. The summed E-state index contributed by atoms with van der Waals surface area (Å²) < 4.78 is 43.9. The van der Waals surface area contributed by atoms with Gasteiger partial charge < -0.3 is 4.52 Å². The van der Waals surface area contributed by atoms with Crippen LogP contribution >= 0.6 is 0 Å². The van der Waals surface area contributed by atoms with Crippen molar-refractivity contribution in [1.82, 2.24) is 15.0 Å². The summed E-state index contributed by atoms with van der Waals surface area (Å²) in [5.41, 5.74) is 2.21. The molecule has 0 amide bonds. The van der Waals surface area contributed by atoms with Crippen molar-refractivity contribution >= 4 is 0 Å². The molecule has 0 saturated heterocycles. The summed E-state index contributed by atoms with van der Waals surface area (Å²) in [5.74, 6) is 0.547. The Morgan fingerprint density at radius 1 is 1.15 bits per heavy atom. The van der Waals surface area contributed by atoms with Crippen LogP contribution in [0.1, 0.15) is 35.0 Å². The van der Waals surface area contributed by atoms with Crippen LogP contribution in [0.15, 0.2) is 53.1 Å². The van der Waals surface area contributed by atoms with Crippen molar-refractivity contribution in [3.8, 4) is 11.4 Å². The number of fused-ring (bicyclic) bond motifs is 1.